The maximum Gasteiger partial charge on any atom is 0.408 e. The van der Waals surface area contributed by atoms with Crippen molar-refractivity contribution in [3.8, 4) is 0 Å². The molecule has 0 aromatic heterocycles. The second kappa shape index (κ2) is 6.84. The van der Waals surface area contributed by atoms with Crippen LogP contribution in [0.25, 0.3) is 0 Å². The molecular weight excluding hydrogens is 266 g/mol. The van der Waals surface area contributed by atoms with Crippen LogP contribution in [0.3, 0.4) is 0 Å². The number of alkyl carbamates (subject to hydrolysis) is 1. The summed E-state index contributed by atoms with van der Waals surface area (Å²) in [7, 11) is 0. The molecule has 1 heterocycles. The highest BCUT2D eigenvalue weighted by Crippen LogP contribution is 2.14. The minimum atomic E-state index is -0.690. The average molecular weight is 287 g/mol. The van der Waals surface area contributed by atoms with Crippen LogP contribution < -0.4 is 5.32 Å². The van der Waals surface area contributed by atoms with E-state index >= 15 is 0 Å². The predicted molar refractivity (Wildman–Crippen MR) is 74.9 cm³/mol. The van der Waals surface area contributed by atoms with E-state index in [2.05, 4.69) is 5.32 Å². The number of esters is 1. The van der Waals surface area contributed by atoms with Gasteiger partial charge in [0.15, 0.2) is 0 Å². The number of nitrogens with one attached hydrogen (secondary N) is 1. The van der Waals surface area contributed by atoms with E-state index in [1.54, 1.807) is 20.8 Å². The second-order valence-electron chi connectivity index (χ2n) is 5.39. The zero-order valence-electron chi connectivity index (χ0n) is 11.8. The number of cyclic esters (lactones) is 1. The summed E-state index contributed by atoms with van der Waals surface area (Å²) in [5.74, 6) is 0.0101. The average Bonchev–Trinajstić information content (AvgIpc) is 2.29. The first-order chi connectivity index (χ1) is 8.78. The van der Waals surface area contributed by atoms with Crippen molar-refractivity contribution in [2.24, 2.45) is 0 Å². The Balaban J connectivity index is 2.60. The standard InChI is InChI=1S/C13H21NO4S/c1-9-6-5-7-19-8-10(11(15)17-9)14-12(16)18-13(2,3)4/h5,7,9-10H,6,8H2,1-4H3,(H,14,16)/b7-5-/t9-,10+/m1/s1. The molecule has 19 heavy (non-hydrogen) atoms. The molecule has 6 heteroatoms. The largest absolute Gasteiger partial charge is 0.461 e. The molecule has 0 bridgehead atoms. The zero-order chi connectivity index (χ0) is 14.5. The van der Waals surface area contributed by atoms with Gasteiger partial charge in [0.2, 0.25) is 0 Å². The number of amides is 1. The highest BCUT2D eigenvalue weighted by atomic mass is 32.2. The third-order valence-corrected chi connectivity index (χ3v) is 3.13. The lowest BCUT2D eigenvalue weighted by atomic mass is 10.2. The fourth-order valence-corrected chi connectivity index (χ4v) is 2.18. The quantitative estimate of drug-likeness (QED) is 0.751. The Morgan fingerprint density at radius 3 is 2.84 bits per heavy atom. The summed E-state index contributed by atoms with van der Waals surface area (Å²) >= 11 is 1.46. The van der Waals surface area contributed by atoms with Crippen molar-refractivity contribution in [1.82, 2.24) is 5.32 Å². The zero-order valence-corrected chi connectivity index (χ0v) is 12.6. The summed E-state index contributed by atoms with van der Waals surface area (Å²) in [6.07, 6.45) is 1.84. The number of carbonyl (C=O) groups is 2. The van der Waals surface area contributed by atoms with Crippen molar-refractivity contribution in [2.75, 3.05) is 5.75 Å². The summed E-state index contributed by atoms with van der Waals surface area (Å²) < 4.78 is 10.4. The lowest BCUT2D eigenvalue weighted by molar-refractivity contribution is -0.149. The topological polar surface area (TPSA) is 64.6 Å². The molecule has 0 saturated heterocycles. The molecule has 0 spiro atoms. The Morgan fingerprint density at radius 2 is 2.21 bits per heavy atom. The highest BCUT2D eigenvalue weighted by Gasteiger charge is 2.26. The maximum atomic E-state index is 11.9. The second-order valence-corrected chi connectivity index (χ2v) is 6.33. The fourth-order valence-electron chi connectivity index (χ4n) is 1.41. The summed E-state index contributed by atoms with van der Waals surface area (Å²) in [5, 5.41) is 4.47. The first kappa shape index (κ1) is 15.9. The van der Waals surface area contributed by atoms with Crippen molar-refractivity contribution in [3.63, 3.8) is 0 Å². The summed E-state index contributed by atoms with van der Waals surface area (Å²) in [5.41, 5.74) is -0.590. The molecule has 0 saturated carbocycles. The van der Waals surface area contributed by atoms with Crippen LogP contribution in [0.2, 0.25) is 0 Å². The van der Waals surface area contributed by atoms with E-state index in [1.165, 1.54) is 11.8 Å². The van der Waals surface area contributed by atoms with E-state index in [1.807, 2.05) is 18.4 Å². The Kier molecular flexibility index (Phi) is 5.72. The van der Waals surface area contributed by atoms with Gasteiger partial charge in [-0.3, -0.25) is 0 Å². The Morgan fingerprint density at radius 1 is 1.53 bits per heavy atom. The van der Waals surface area contributed by atoms with Crippen LogP contribution in [0, 0.1) is 0 Å². The monoisotopic (exact) mass is 287 g/mol. The molecule has 5 nitrogen and oxygen atoms in total. The van der Waals surface area contributed by atoms with Crippen LogP contribution in [-0.4, -0.2) is 35.6 Å². The molecule has 108 valence electrons. The number of hydrogen-bond donors (Lipinski definition) is 1. The number of thioether (sulfide) groups is 1. The van der Waals surface area contributed by atoms with E-state index in [4.69, 9.17) is 9.47 Å². The Bertz CT molecular complexity index is 362. The van der Waals surface area contributed by atoms with Gasteiger partial charge in [-0.25, -0.2) is 9.59 Å². The fraction of sp³-hybridized carbons (Fsp3) is 0.692. The van der Waals surface area contributed by atoms with Gasteiger partial charge < -0.3 is 14.8 Å². The SMILES string of the molecule is C[C@@H]1C/C=C\SC[C@H](NC(=O)OC(C)(C)C)C(=O)O1. The van der Waals surface area contributed by atoms with E-state index in [0.717, 1.165) is 0 Å². The van der Waals surface area contributed by atoms with Gasteiger partial charge in [-0.05, 0) is 33.1 Å². The summed E-state index contributed by atoms with van der Waals surface area (Å²) in [4.78, 5) is 23.6. The van der Waals surface area contributed by atoms with Crippen molar-refractivity contribution >= 4 is 23.8 Å². The molecule has 1 N–H and O–H groups in total. The van der Waals surface area contributed by atoms with Crippen LogP contribution in [0.15, 0.2) is 11.5 Å². The molecule has 1 rings (SSSR count). The Hall–Kier alpha value is -1.17. The first-order valence-electron chi connectivity index (χ1n) is 6.24. The van der Waals surface area contributed by atoms with Gasteiger partial charge in [0.05, 0.1) is 0 Å². The minimum Gasteiger partial charge on any atom is -0.461 e. The van der Waals surface area contributed by atoms with Crippen molar-refractivity contribution in [2.45, 2.75) is 51.9 Å². The van der Waals surface area contributed by atoms with Crippen LogP contribution in [0.4, 0.5) is 4.79 Å². The molecule has 0 radical (unpaired) electrons. The van der Waals surface area contributed by atoms with Crippen molar-refractivity contribution < 1.29 is 19.1 Å². The van der Waals surface area contributed by atoms with Gasteiger partial charge in [-0.2, -0.15) is 0 Å². The molecule has 1 aliphatic heterocycles. The van der Waals surface area contributed by atoms with Crippen LogP contribution >= 0.6 is 11.8 Å². The van der Waals surface area contributed by atoms with Crippen LogP contribution in [-0.2, 0) is 14.3 Å². The molecule has 0 unspecified atom stereocenters. The summed E-state index contributed by atoms with van der Waals surface area (Å²) in [6, 6.07) is -0.690. The van der Waals surface area contributed by atoms with Gasteiger partial charge in [0.25, 0.3) is 0 Å². The molecular formula is C13H21NO4S. The first-order valence-corrected chi connectivity index (χ1v) is 7.29. The number of hydrogen-bond acceptors (Lipinski definition) is 5. The van der Waals surface area contributed by atoms with E-state index in [-0.39, 0.29) is 6.10 Å². The number of ether oxygens (including phenoxy) is 2. The molecule has 2 atom stereocenters. The molecule has 0 aromatic rings. The third kappa shape index (κ3) is 6.52. The van der Waals surface area contributed by atoms with Crippen molar-refractivity contribution in [1.29, 1.82) is 0 Å². The van der Waals surface area contributed by atoms with Gasteiger partial charge in [-0.1, -0.05) is 6.08 Å². The number of carbonyl (C=O) groups excluding carboxylic acids is 2. The lowest BCUT2D eigenvalue weighted by Crippen LogP contribution is -2.46. The molecule has 1 aliphatic rings. The minimum absolute atomic E-state index is 0.189. The van der Waals surface area contributed by atoms with E-state index in [0.29, 0.717) is 12.2 Å². The van der Waals surface area contributed by atoms with Gasteiger partial charge >= 0.3 is 12.1 Å². The molecule has 0 aliphatic carbocycles. The smallest absolute Gasteiger partial charge is 0.408 e. The maximum absolute atomic E-state index is 11.9. The van der Waals surface area contributed by atoms with E-state index in [9.17, 15) is 9.59 Å². The summed E-state index contributed by atoms with van der Waals surface area (Å²) in [6.45, 7) is 7.14. The Labute approximate surface area is 118 Å². The highest BCUT2D eigenvalue weighted by molar-refractivity contribution is 8.02. The molecule has 1 amide bonds. The van der Waals surface area contributed by atoms with E-state index < -0.39 is 23.7 Å². The van der Waals surface area contributed by atoms with Crippen LogP contribution in [0.5, 0.6) is 0 Å². The number of rotatable bonds is 1. The van der Waals surface area contributed by atoms with Crippen LogP contribution in [0.1, 0.15) is 34.1 Å². The van der Waals surface area contributed by atoms with Gasteiger partial charge in [0, 0.05) is 12.2 Å². The molecule has 0 fully saturated rings. The van der Waals surface area contributed by atoms with Gasteiger partial charge in [-0.15, -0.1) is 11.8 Å². The molecule has 0 aromatic carbocycles. The van der Waals surface area contributed by atoms with Crippen molar-refractivity contribution in [3.05, 3.63) is 11.5 Å². The lowest BCUT2D eigenvalue weighted by Gasteiger charge is -2.23. The predicted octanol–water partition coefficient (Wildman–Crippen LogP) is 2.46. The van der Waals surface area contributed by atoms with Gasteiger partial charge in [0.1, 0.15) is 17.7 Å². The third-order valence-electron chi connectivity index (χ3n) is 2.22. The normalized spacial score (nSPS) is 26.4.